The molecule has 70 valence electrons. The molecule has 0 radical (unpaired) electrons. The van der Waals surface area contributed by atoms with E-state index in [1.54, 1.807) is 0 Å². The van der Waals surface area contributed by atoms with E-state index < -0.39 is 6.17 Å². The highest BCUT2D eigenvalue weighted by molar-refractivity contribution is 4.86. The summed E-state index contributed by atoms with van der Waals surface area (Å²) in [5.74, 6) is 0.308. The molecule has 3 atom stereocenters. The van der Waals surface area contributed by atoms with Gasteiger partial charge in [-0.25, -0.2) is 4.39 Å². The van der Waals surface area contributed by atoms with E-state index in [0.717, 1.165) is 12.8 Å². The van der Waals surface area contributed by atoms with Crippen LogP contribution in [0.1, 0.15) is 32.6 Å². The van der Waals surface area contributed by atoms with Gasteiger partial charge in [0.2, 0.25) is 0 Å². The first-order valence-electron chi connectivity index (χ1n) is 5.15. The molecule has 1 aliphatic carbocycles. The Kier molecular flexibility index (Phi) is 2.35. The number of alkyl halides is 1. The Bertz CT molecular complexity index is 156. The molecule has 2 rings (SSSR count). The highest BCUT2D eigenvalue weighted by Crippen LogP contribution is 2.31. The van der Waals surface area contributed by atoms with Gasteiger partial charge in [-0.05, 0) is 44.7 Å². The van der Waals surface area contributed by atoms with Crippen LogP contribution < -0.4 is 0 Å². The van der Waals surface area contributed by atoms with Crippen LogP contribution in [0.3, 0.4) is 0 Å². The molecule has 0 aromatic rings. The summed E-state index contributed by atoms with van der Waals surface area (Å²) in [6.45, 7) is 4.47. The zero-order chi connectivity index (χ0) is 8.55. The van der Waals surface area contributed by atoms with Gasteiger partial charge in [0, 0.05) is 6.04 Å². The largest absolute Gasteiger partial charge is 0.300 e. The van der Waals surface area contributed by atoms with Crippen LogP contribution in [-0.2, 0) is 0 Å². The van der Waals surface area contributed by atoms with Crippen LogP contribution in [-0.4, -0.2) is 30.2 Å². The van der Waals surface area contributed by atoms with Crippen molar-refractivity contribution in [2.75, 3.05) is 13.1 Å². The van der Waals surface area contributed by atoms with Crippen molar-refractivity contribution < 1.29 is 4.39 Å². The van der Waals surface area contributed by atoms with Gasteiger partial charge in [-0.1, -0.05) is 6.92 Å². The van der Waals surface area contributed by atoms with Crippen molar-refractivity contribution in [1.82, 2.24) is 4.90 Å². The van der Waals surface area contributed by atoms with Gasteiger partial charge < -0.3 is 4.90 Å². The first-order chi connectivity index (χ1) is 5.77. The minimum absolute atomic E-state index is 0.308. The normalized spacial score (nSPS) is 44.0. The molecule has 0 bridgehead atoms. The molecule has 1 saturated carbocycles. The summed E-state index contributed by atoms with van der Waals surface area (Å²) in [7, 11) is 0. The quantitative estimate of drug-likeness (QED) is 0.584. The van der Waals surface area contributed by atoms with Crippen LogP contribution in [0.2, 0.25) is 0 Å². The summed E-state index contributed by atoms with van der Waals surface area (Å²) in [6, 6.07) is 0.574. The number of nitrogens with zero attached hydrogens (tertiary/aromatic N) is 1. The van der Waals surface area contributed by atoms with Gasteiger partial charge >= 0.3 is 0 Å². The zero-order valence-electron chi connectivity index (χ0n) is 7.80. The number of halogens is 1. The Labute approximate surface area is 73.9 Å². The van der Waals surface area contributed by atoms with E-state index in [9.17, 15) is 4.39 Å². The summed E-state index contributed by atoms with van der Waals surface area (Å²) in [5, 5.41) is 0. The van der Waals surface area contributed by atoms with Crippen molar-refractivity contribution in [1.29, 1.82) is 0 Å². The lowest BCUT2D eigenvalue weighted by Gasteiger charge is -2.42. The predicted molar refractivity (Wildman–Crippen MR) is 47.9 cm³/mol. The number of hydrogen-bond donors (Lipinski definition) is 0. The third kappa shape index (κ3) is 1.49. The monoisotopic (exact) mass is 171 g/mol. The Morgan fingerprint density at radius 3 is 2.50 bits per heavy atom. The maximum Gasteiger partial charge on any atom is 0.104 e. The smallest absolute Gasteiger partial charge is 0.104 e. The average molecular weight is 171 g/mol. The minimum atomic E-state index is -0.538. The molecule has 2 aliphatic rings. The van der Waals surface area contributed by atoms with E-state index in [4.69, 9.17) is 0 Å². The van der Waals surface area contributed by atoms with Gasteiger partial charge in [0.25, 0.3) is 0 Å². The van der Waals surface area contributed by atoms with Gasteiger partial charge in [0.15, 0.2) is 0 Å². The lowest BCUT2D eigenvalue weighted by atomic mass is 9.84. The molecule has 3 unspecified atom stereocenters. The third-order valence-electron chi connectivity index (χ3n) is 3.48. The third-order valence-corrected chi connectivity index (χ3v) is 3.48. The SMILES string of the molecule is CC1CCC(N2CCC2)CC1F. The fourth-order valence-electron chi connectivity index (χ4n) is 2.28. The Balaban J connectivity index is 1.84. The molecular formula is C10H18FN. The van der Waals surface area contributed by atoms with Crippen LogP contribution in [0.15, 0.2) is 0 Å². The maximum atomic E-state index is 13.3. The highest BCUT2D eigenvalue weighted by atomic mass is 19.1. The first-order valence-corrected chi connectivity index (χ1v) is 5.15. The minimum Gasteiger partial charge on any atom is -0.300 e. The number of hydrogen-bond acceptors (Lipinski definition) is 1. The molecule has 12 heavy (non-hydrogen) atoms. The van der Waals surface area contributed by atoms with E-state index in [0.29, 0.717) is 12.0 Å². The summed E-state index contributed by atoms with van der Waals surface area (Å²) in [5.41, 5.74) is 0. The van der Waals surface area contributed by atoms with Crippen molar-refractivity contribution in [2.24, 2.45) is 5.92 Å². The molecule has 1 heterocycles. The molecule has 0 amide bonds. The van der Waals surface area contributed by atoms with Crippen LogP contribution in [0.25, 0.3) is 0 Å². The zero-order valence-corrected chi connectivity index (χ0v) is 7.80. The van der Waals surface area contributed by atoms with Gasteiger partial charge in [0.1, 0.15) is 6.17 Å². The molecule has 1 nitrogen and oxygen atoms in total. The topological polar surface area (TPSA) is 3.24 Å². The molecule has 0 N–H and O–H groups in total. The lowest BCUT2D eigenvalue weighted by Crippen LogP contribution is -2.48. The van der Waals surface area contributed by atoms with E-state index in [2.05, 4.69) is 4.90 Å². The predicted octanol–water partition coefficient (Wildman–Crippen LogP) is 2.22. The highest BCUT2D eigenvalue weighted by Gasteiger charge is 2.32. The van der Waals surface area contributed by atoms with Crippen LogP contribution in [0.5, 0.6) is 0 Å². The fourth-order valence-corrected chi connectivity index (χ4v) is 2.28. The second-order valence-corrected chi connectivity index (χ2v) is 4.35. The van der Waals surface area contributed by atoms with Gasteiger partial charge in [-0.3, -0.25) is 0 Å². The Hall–Kier alpha value is -0.110. The van der Waals surface area contributed by atoms with E-state index in [-0.39, 0.29) is 0 Å². The summed E-state index contributed by atoms with van der Waals surface area (Å²) in [6.07, 6.45) is 3.89. The van der Waals surface area contributed by atoms with Crippen molar-refractivity contribution in [3.05, 3.63) is 0 Å². The molecular weight excluding hydrogens is 153 g/mol. The molecule has 1 saturated heterocycles. The first kappa shape index (κ1) is 8.49. The second kappa shape index (κ2) is 3.33. The van der Waals surface area contributed by atoms with Crippen LogP contribution in [0.4, 0.5) is 4.39 Å². The van der Waals surface area contributed by atoms with Gasteiger partial charge in [0.05, 0.1) is 0 Å². The maximum absolute atomic E-state index is 13.3. The molecule has 2 heteroatoms. The average Bonchev–Trinajstić information content (AvgIpc) is 1.93. The summed E-state index contributed by atoms with van der Waals surface area (Å²) >= 11 is 0. The van der Waals surface area contributed by atoms with E-state index in [1.165, 1.54) is 25.9 Å². The Morgan fingerprint density at radius 2 is 2.00 bits per heavy atom. The van der Waals surface area contributed by atoms with E-state index in [1.807, 2.05) is 6.92 Å². The Morgan fingerprint density at radius 1 is 1.25 bits per heavy atom. The number of likely N-dealkylation sites (tertiary alicyclic amines) is 1. The van der Waals surface area contributed by atoms with Gasteiger partial charge in [-0.15, -0.1) is 0 Å². The van der Waals surface area contributed by atoms with Crippen molar-refractivity contribution in [3.8, 4) is 0 Å². The molecule has 0 aromatic carbocycles. The molecule has 1 aliphatic heterocycles. The van der Waals surface area contributed by atoms with Crippen molar-refractivity contribution in [2.45, 2.75) is 44.8 Å². The van der Waals surface area contributed by atoms with E-state index >= 15 is 0 Å². The van der Waals surface area contributed by atoms with Crippen LogP contribution >= 0.6 is 0 Å². The molecule has 2 fully saturated rings. The fraction of sp³-hybridized carbons (Fsp3) is 1.00. The molecule has 0 aromatic heterocycles. The second-order valence-electron chi connectivity index (χ2n) is 4.35. The van der Waals surface area contributed by atoms with Crippen LogP contribution in [0, 0.1) is 5.92 Å². The van der Waals surface area contributed by atoms with Crippen molar-refractivity contribution in [3.63, 3.8) is 0 Å². The summed E-state index contributed by atoms with van der Waals surface area (Å²) in [4.78, 5) is 2.44. The van der Waals surface area contributed by atoms with Gasteiger partial charge in [-0.2, -0.15) is 0 Å². The standard InChI is InChI=1S/C10H18FN/c1-8-3-4-9(7-10(8)11)12-5-2-6-12/h8-10H,2-7H2,1H3. The molecule has 0 spiro atoms. The van der Waals surface area contributed by atoms with Crippen molar-refractivity contribution >= 4 is 0 Å². The summed E-state index contributed by atoms with van der Waals surface area (Å²) < 4.78 is 13.3. The lowest BCUT2D eigenvalue weighted by molar-refractivity contribution is 0.0429. The number of rotatable bonds is 1.